The standard InChI is InChI=1S/C21H22N4O/c1-2-7-19-17(6-1)18(14-22-19)20-15-24(11-12-26-20)10-8-21-23-13-16-5-3-4-9-25(16)21/h1-7,9,13-14,20,22H,8,10-12,15H2. The highest BCUT2D eigenvalue weighted by Gasteiger charge is 2.24. The van der Waals surface area contributed by atoms with Gasteiger partial charge in [-0.2, -0.15) is 0 Å². The van der Waals surface area contributed by atoms with Crippen molar-refractivity contribution in [2.75, 3.05) is 26.2 Å². The Morgan fingerprint density at radius 1 is 1.15 bits per heavy atom. The first kappa shape index (κ1) is 15.6. The number of aromatic amines is 1. The molecule has 1 fully saturated rings. The quantitative estimate of drug-likeness (QED) is 0.616. The Morgan fingerprint density at radius 2 is 2.08 bits per heavy atom. The number of hydrogen-bond acceptors (Lipinski definition) is 3. The van der Waals surface area contributed by atoms with Crippen molar-refractivity contribution in [1.82, 2.24) is 19.3 Å². The smallest absolute Gasteiger partial charge is 0.114 e. The van der Waals surface area contributed by atoms with Crippen molar-refractivity contribution in [1.29, 1.82) is 0 Å². The highest BCUT2D eigenvalue weighted by atomic mass is 16.5. The fraction of sp³-hybridized carbons (Fsp3) is 0.286. The Bertz CT molecular complexity index is 1030. The predicted octanol–water partition coefficient (Wildman–Crippen LogP) is 3.43. The average Bonchev–Trinajstić information content (AvgIpc) is 3.31. The van der Waals surface area contributed by atoms with E-state index in [0.29, 0.717) is 0 Å². The van der Waals surface area contributed by atoms with Crippen molar-refractivity contribution in [3.05, 3.63) is 72.4 Å². The van der Waals surface area contributed by atoms with Gasteiger partial charge in [-0.1, -0.05) is 24.3 Å². The summed E-state index contributed by atoms with van der Waals surface area (Å²) in [5.41, 5.74) is 3.59. The van der Waals surface area contributed by atoms with Gasteiger partial charge in [-0.3, -0.25) is 4.90 Å². The number of hydrogen-bond donors (Lipinski definition) is 1. The summed E-state index contributed by atoms with van der Waals surface area (Å²) < 4.78 is 8.26. The highest BCUT2D eigenvalue weighted by Crippen LogP contribution is 2.29. The molecule has 1 aliphatic heterocycles. The van der Waals surface area contributed by atoms with Crippen LogP contribution in [0.25, 0.3) is 16.4 Å². The third kappa shape index (κ3) is 2.79. The maximum absolute atomic E-state index is 6.09. The number of aromatic nitrogens is 3. The summed E-state index contributed by atoms with van der Waals surface area (Å²) >= 11 is 0. The lowest BCUT2D eigenvalue weighted by Gasteiger charge is -2.32. The Labute approximate surface area is 152 Å². The summed E-state index contributed by atoms with van der Waals surface area (Å²) in [4.78, 5) is 10.4. The van der Waals surface area contributed by atoms with E-state index in [-0.39, 0.29) is 6.10 Å². The molecular formula is C21H22N4O. The second-order valence-corrected chi connectivity index (χ2v) is 6.87. The molecule has 0 bridgehead atoms. The number of imidazole rings is 1. The fourth-order valence-electron chi connectivity index (χ4n) is 3.90. The predicted molar refractivity (Wildman–Crippen MR) is 102 cm³/mol. The largest absolute Gasteiger partial charge is 0.371 e. The summed E-state index contributed by atoms with van der Waals surface area (Å²) in [5.74, 6) is 1.12. The van der Waals surface area contributed by atoms with Gasteiger partial charge in [0.1, 0.15) is 5.82 Å². The number of fused-ring (bicyclic) bond motifs is 2. The number of pyridine rings is 1. The Hall–Kier alpha value is -2.63. The van der Waals surface area contributed by atoms with E-state index < -0.39 is 0 Å². The van der Waals surface area contributed by atoms with Gasteiger partial charge in [0.25, 0.3) is 0 Å². The zero-order valence-corrected chi connectivity index (χ0v) is 14.6. The molecule has 1 unspecified atom stereocenters. The Kier molecular flexibility index (Phi) is 3.96. The van der Waals surface area contributed by atoms with Gasteiger partial charge in [0.05, 0.1) is 24.4 Å². The molecule has 0 radical (unpaired) electrons. The van der Waals surface area contributed by atoms with E-state index in [1.807, 2.05) is 6.20 Å². The van der Waals surface area contributed by atoms with Crippen LogP contribution >= 0.6 is 0 Å². The van der Waals surface area contributed by atoms with Crippen molar-refractivity contribution < 1.29 is 4.74 Å². The zero-order chi connectivity index (χ0) is 17.3. The first-order chi connectivity index (χ1) is 12.9. The molecule has 5 rings (SSSR count). The van der Waals surface area contributed by atoms with E-state index in [0.717, 1.165) is 44.0 Å². The van der Waals surface area contributed by atoms with E-state index in [9.17, 15) is 0 Å². The number of nitrogens with one attached hydrogen (secondary N) is 1. The monoisotopic (exact) mass is 346 g/mol. The molecule has 132 valence electrons. The van der Waals surface area contributed by atoms with Gasteiger partial charge in [0, 0.05) is 54.9 Å². The van der Waals surface area contributed by atoms with Crippen LogP contribution in [0.15, 0.2) is 61.1 Å². The second-order valence-electron chi connectivity index (χ2n) is 6.87. The van der Waals surface area contributed by atoms with E-state index in [2.05, 4.69) is 74.1 Å². The first-order valence-corrected chi connectivity index (χ1v) is 9.19. The molecule has 4 heterocycles. The summed E-state index contributed by atoms with van der Waals surface area (Å²) in [7, 11) is 0. The van der Waals surface area contributed by atoms with Crippen LogP contribution in [0.1, 0.15) is 17.5 Å². The van der Waals surface area contributed by atoms with Crippen LogP contribution in [-0.4, -0.2) is 45.5 Å². The summed E-state index contributed by atoms with van der Waals surface area (Å²) in [6.07, 6.45) is 7.20. The van der Waals surface area contributed by atoms with E-state index in [1.165, 1.54) is 16.5 Å². The number of nitrogens with zero attached hydrogens (tertiary/aromatic N) is 3. The molecule has 5 nitrogen and oxygen atoms in total. The SMILES string of the molecule is c1ccc2c(C3CN(CCc4ncc5ccccn45)CCO3)c[nH]c2c1. The molecule has 0 spiro atoms. The van der Waals surface area contributed by atoms with Crippen molar-refractivity contribution in [3.8, 4) is 0 Å². The summed E-state index contributed by atoms with van der Waals surface area (Å²) in [6, 6.07) is 14.6. The van der Waals surface area contributed by atoms with Gasteiger partial charge in [0.2, 0.25) is 0 Å². The molecule has 3 aromatic heterocycles. The van der Waals surface area contributed by atoms with Gasteiger partial charge in [-0.25, -0.2) is 4.98 Å². The average molecular weight is 346 g/mol. The van der Waals surface area contributed by atoms with Gasteiger partial charge < -0.3 is 14.1 Å². The second kappa shape index (κ2) is 6.59. The molecule has 0 aliphatic carbocycles. The Balaban J connectivity index is 1.30. The molecule has 1 saturated heterocycles. The molecule has 0 amide bonds. The van der Waals surface area contributed by atoms with Crippen molar-refractivity contribution >= 4 is 16.4 Å². The van der Waals surface area contributed by atoms with E-state index in [1.54, 1.807) is 0 Å². The molecule has 26 heavy (non-hydrogen) atoms. The number of rotatable bonds is 4. The Morgan fingerprint density at radius 3 is 3.08 bits per heavy atom. The molecule has 1 aliphatic rings. The van der Waals surface area contributed by atoms with Crippen LogP contribution < -0.4 is 0 Å². The number of benzene rings is 1. The van der Waals surface area contributed by atoms with Crippen LogP contribution in [0.4, 0.5) is 0 Å². The van der Waals surface area contributed by atoms with Crippen molar-refractivity contribution in [3.63, 3.8) is 0 Å². The first-order valence-electron chi connectivity index (χ1n) is 9.19. The summed E-state index contributed by atoms with van der Waals surface area (Å²) in [5, 5.41) is 1.26. The molecular weight excluding hydrogens is 324 g/mol. The van der Waals surface area contributed by atoms with Crippen LogP contribution in [0.3, 0.4) is 0 Å². The minimum absolute atomic E-state index is 0.122. The van der Waals surface area contributed by atoms with Crippen LogP contribution in [0, 0.1) is 0 Å². The fourth-order valence-corrected chi connectivity index (χ4v) is 3.90. The molecule has 1 aromatic carbocycles. The minimum atomic E-state index is 0.122. The third-order valence-corrected chi connectivity index (χ3v) is 5.29. The van der Waals surface area contributed by atoms with Crippen molar-refractivity contribution in [2.45, 2.75) is 12.5 Å². The minimum Gasteiger partial charge on any atom is -0.371 e. The molecule has 1 N–H and O–H groups in total. The molecule has 1 atom stereocenters. The van der Waals surface area contributed by atoms with Crippen LogP contribution in [0.5, 0.6) is 0 Å². The van der Waals surface area contributed by atoms with Gasteiger partial charge in [-0.05, 0) is 18.2 Å². The van der Waals surface area contributed by atoms with Gasteiger partial charge in [-0.15, -0.1) is 0 Å². The van der Waals surface area contributed by atoms with E-state index >= 15 is 0 Å². The number of para-hydroxylation sites is 1. The lowest BCUT2D eigenvalue weighted by atomic mass is 10.1. The van der Waals surface area contributed by atoms with Crippen LogP contribution in [-0.2, 0) is 11.2 Å². The number of morpholine rings is 1. The molecule has 0 saturated carbocycles. The molecule has 4 aromatic rings. The number of H-pyrrole nitrogens is 1. The van der Waals surface area contributed by atoms with Gasteiger partial charge in [0.15, 0.2) is 0 Å². The van der Waals surface area contributed by atoms with E-state index in [4.69, 9.17) is 4.74 Å². The summed E-state index contributed by atoms with van der Waals surface area (Å²) in [6.45, 7) is 3.66. The highest BCUT2D eigenvalue weighted by molar-refractivity contribution is 5.83. The topological polar surface area (TPSA) is 45.6 Å². The lowest BCUT2D eigenvalue weighted by molar-refractivity contribution is -0.0289. The lowest BCUT2D eigenvalue weighted by Crippen LogP contribution is -2.39. The van der Waals surface area contributed by atoms with Crippen molar-refractivity contribution in [2.24, 2.45) is 0 Å². The maximum atomic E-state index is 6.09. The molecule has 5 heteroatoms. The third-order valence-electron chi connectivity index (χ3n) is 5.29. The normalized spacial score (nSPS) is 18.7. The number of ether oxygens (including phenoxy) is 1. The van der Waals surface area contributed by atoms with Crippen LogP contribution in [0.2, 0.25) is 0 Å². The maximum Gasteiger partial charge on any atom is 0.114 e. The van der Waals surface area contributed by atoms with Gasteiger partial charge >= 0.3 is 0 Å². The zero-order valence-electron chi connectivity index (χ0n) is 14.6.